The summed E-state index contributed by atoms with van der Waals surface area (Å²) in [4.78, 5) is 29.5. The molecule has 1 unspecified atom stereocenters. The Kier molecular flexibility index (Phi) is 8.67. The number of nitrogens with one attached hydrogen (secondary N) is 1. The minimum atomic E-state index is -0.548. The fourth-order valence-corrected chi connectivity index (χ4v) is 4.49. The minimum Gasteiger partial charge on any atom is -0.468 e. The van der Waals surface area contributed by atoms with Gasteiger partial charge in [0.15, 0.2) is 0 Å². The maximum atomic E-state index is 12.8. The highest BCUT2D eigenvalue weighted by Crippen LogP contribution is 2.29. The standard InChI is InChI=1S/C25H32ClN3O3/c1-4-18-9-8-10-19(5-2)23(18)27-22(30)17-28-13-15-29(16-14-28)24(25(31)32-3)20-11-6-7-12-21(20)26/h6-12,24H,4-5,13-17H2,1-3H3,(H,27,30). The predicted octanol–water partition coefficient (Wildman–Crippen LogP) is 3.94. The molecule has 0 aliphatic carbocycles. The number of rotatable bonds is 8. The van der Waals surface area contributed by atoms with Gasteiger partial charge >= 0.3 is 5.97 Å². The van der Waals surface area contributed by atoms with Crippen LogP contribution in [0.25, 0.3) is 0 Å². The minimum absolute atomic E-state index is 0.00956. The lowest BCUT2D eigenvalue weighted by Crippen LogP contribution is -2.51. The molecule has 1 atom stereocenters. The summed E-state index contributed by atoms with van der Waals surface area (Å²) in [6.07, 6.45) is 1.75. The number of amides is 1. The van der Waals surface area contributed by atoms with Gasteiger partial charge in [0.05, 0.1) is 13.7 Å². The lowest BCUT2D eigenvalue weighted by Gasteiger charge is -2.38. The molecular weight excluding hydrogens is 426 g/mol. The SMILES string of the molecule is CCc1cccc(CC)c1NC(=O)CN1CCN(C(C(=O)OC)c2ccccc2Cl)CC1. The summed E-state index contributed by atoms with van der Waals surface area (Å²) in [5, 5.41) is 3.68. The van der Waals surface area contributed by atoms with Crippen LogP contribution in [0.2, 0.25) is 5.02 Å². The van der Waals surface area contributed by atoms with Crippen molar-refractivity contribution in [1.82, 2.24) is 9.80 Å². The van der Waals surface area contributed by atoms with E-state index in [1.54, 1.807) is 6.07 Å². The number of para-hydroxylation sites is 1. The summed E-state index contributed by atoms with van der Waals surface area (Å²) in [5.41, 5.74) is 4.01. The van der Waals surface area contributed by atoms with Gasteiger partial charge in [-0.25, -0.2) is 4.79 Å². The molecule has 1 aliphatic rings. The van der Waals surface area contributed by atoms with Gasteiger partial charge in [-0.3, -0.25) is 14.6 Å². The lowest BCUT2D eigenvalue weighted by molar-refractivity contribution is -0.148. The number of methoxy groups -OCH3 is 1. The molecule has 1 heterocycles. The van der Waals surface area contributed by atoms with Gasteiger partial charge in [0.2, 0.25) is 5.91 Å². The number of benzene rings is 2. The largest absolute Gasteiger partial charge is 0.468 e. The van der Waals surface area contributed by atoms with E-state index >= 15 is 0 Å². The van der Waals surface area contributed by atoms with Crippen LogP contribution in [0.5, 0.6) is 0 Å². The first-order chi connectivity index (χ1) is 15.5. The van der Waals surface area contributed by atoms with Gasteiger partial charge in [-0.1, -0.05) is 61.8 Å². The number of nitrogens with zero attached hydrogens (tertiary/aromatic N) is 2. The van der Waals surface area contributed by atoms with Crippen LogP contribution in [0.3, 0.4) is 0 Å². The number of piperazine rings is 1. The van der Waals surface area contributed by atoms with E-state index < -0.39 is 6.04 Å². The van der Waals surface area contributed by atoms with Crippen molar-refractivity contribution in [3.63, 3.8) is 0 Å². The quantitative estimate of drug-likeness (QED) is 0.608. The fourth-order valence-electron chi connectivity index (χ4n) is 4.25. The van der Waals surface area contributed by atoms with Gasteiger partial charge in [0, 0.05) is 36.9 Å². The number of esters is 1. The van der Waals surface area contributed by atoms with E-state index in [2.05, 4.69) is 41.1 Å². The molecule has 1 amide bonds. The second-order valence-corrected chi connectivity index (χ2v) is 8.37. The van der Waals surface area contributed by atoms with E-state index in [-0.39, 0.29) is 11.9 Å². The molecule has 3 rings (SSSR count). The third kappa shape index (κ3) is 5.68. The Balaban J connectivity index is 1.62. The molecule has 1 saturated heterocycles. The first-order valence-electron chi connectivity index (χ1n) is 11.2. The Morgan fingerprint density at radius 2 is 1.62 bits per heavy atom. The van der Waals surface area contributed by atoms with E-state index in [1.807, 2.05) is 24.3 Å². The van der Waals surface area contributed by atoms with E-state index in [0.717, 1.165) is 35.2 Å². The number of hydrogen-bond acceptors (Lipinski definition) is 5. The molecule has 1 N–H and O–H groups in total. The van der Waals surface area contributed by atoms with Crippen molar-refractivity contribution in [3.05, 3.63) is 64.2 Å². The molecule has 32 heavy (non-hydrogen) atoms. The number of ether oxygens (including phenoxy) is 1. The summed E-state index contributed by atoms with van der Waals surface area (Å²) >= 11 is 6.37. The summed E-state index contributed by atoms with van der Waals surface area (Å²) in [6, 6.07) is 13.0. The third-order valence-corrected chi connectivity index (χ3v) is 6.37. The molecule has 1 fully saturated rings. The highest BCUT2D eigenvalue weighted by atomic mass is 35.5. The second kappa shape index (κ2) is 11.5. The van der Waals surface area contributed by atoms with E-state index in [4.69, 9.17) is 16.3 Å². The maximum Gasteiger partial charge on any atom is 0.327 e. The summed E-state index contributed by atoms with van der Waals surface area (Å²) in [5.74, 6) is -0.336. The fraction of sp³-hybridized carbons (Fsp3) is 0.440. The molecule has 172 valence electrons. The van der Waals surface area contributed by atoms with Crippen molar-refractivity contribution < 1.29 is 14.3 Å². The van der Waals surface area contributed by atoms with Gasteiger partial charge in [-0.15, -0.1) is 0 Å². The zero-order valence-corrected chi connectivity index (χ0v) is 19.8. The Hall–Kier alpha value is -2.41. The number of anilines is 1. The molecule has 0 saturated carbocycles. The van der Waals surface area contributed by atoms with Crippen LogP contribution in [-0.2, 0) is 27.2 Å². The second-order valence-electron chi connectivity index (χ2n) is 7.97. The van der Waals surface area contributed by atoms with Crippen LogP contribution in [0.15, 0.2) is 42.5 Å². The molecule has 0 bridgehead atoms. The van der Waals surface area contributed by atoms with Crippen LogP contribution in [0.1, 0.15) is 36.6 Å². The highest BCUT2D eigenvalue weighted by Gasteiger charge is 2.33. The van der Waals surface area contributed by atoms with Gasteiger partial charge in [0.25, 0.3) is 0 Å². The number of halogens is 1. The van der Waals surface area contributed by atoms with Gasteiger partial charge < -0.3 is 10.1 Å². The monoisotopic (exact) mass is 457 g/mol. The van der Waals surface area contributed by atoms with Gasteiger partial charge in [-0.2, -0.15) is 0 Å². The Labute approximate surface area is 195 Å². The van der Waals surface area contributed by atoms with Gasteiger partial charge in [-0.05, 0) is 35.6 Å². The van der Waals surface area contributed by atoms with E-state index in [9.17, 15) is 9.59 Å². The molecule has 1 aliphatic heterocycles. The lowest BCUT2D eigenvalue weighted by atomic mass is 10.0. The smallest absolute Gasteiger partial charge is 0.327 e. The number of aryl methyl sites for hydroxylation is 2. The number of hydrogen-bond donors (Lipinski definition) is 1. The first kappa shape index (κ1) is 24.2. The average Bonchev–Trinajstić information content (AvgIpc) is 2.81. The van der Waals surface area contributed by atoms with Crippen LogP contribution in [0, 0.1) is 0 Å². The predicted molar refractivity (Wildman–Crippen MR) is 128 cm³/mol. The van der Waals surface area contributed by atoms with Crippen molar-refractivity contribution >= 4 is 29.2 Å². The van der Waals surface area contributed by atoms with E-state index in [1.165, 1.54) is 7.11 Å². The molecule has 6 nitrogen and oxygen atoms in total. The van der Waals surface area contributed by atoms with Crippen molar-refractivity contribution in [3.8, 4) is 0 Å². The third-order valence-electron chi connectivity index (χ3n) is 6.03. The summed E-state index contributed by atoms with van der Waals surface area (Å²) in [7, 11) is 1.39. The Morgan fingerprint density at radius 3 is 2.19 bits per heavy atom. The topological polar surface area (TPSA) is 61.9 Å². The Morgan fingerprint density at radius 1 is 1.00 bits per heavy atom. The highest BCUT2D eigenvalue weighted by molar-refractivity contribution is 6.31. The zero-order valence-electron chi connectivity index (χ0n) is 19.1. The van der Waals surface area contributed by atoms with Crippen molar-refractivity contribution in [2.45, 2.75) is 32.7 Å². The average molecular weight is 458 g/mol. The van der Waals surface area contributed by atoms with Crippen molar-refractivity contribution in [2.75, 3.05) is 45.2 Å². The van der Waals surface area contributed by atoms with Gasteiger partial charge in [0.1, 0.15) is 6.04 Å². The van der Waals surface area contributed by atoms with Crippen molar-refractivity contribution in [1.29, 1.82) is 0 Å². The molecule has 2 aromatic carbocycles. The molecule has 2 aromatic rings. The number of carbonyl (C=O) groups excluding carboxylic acids is 2. The first-order valence-corrected chi connectivity index (χ1v) is 11.6. The maximum absolute atomic E-state index is 12.8. The van der Waals surface area contributed by atoms with Crippen LogP contribution in [0.4, 0.5) is 5.69 Å². The summed E-state index contributed by atoms with van der Waals surface area (Å²) < 4.78 is 5.06. The number of carbonyl (C=O) groups is 2. The molecule has 7 heteroatoms. The van der Waals surface area contributed by atoms with Crippen molar-refractivity contribution in [2.24, 2.45) is 0 Å². The summed E-state index contributed by atoms with van der Waals surface area (Å²) in [6.45, 7) is 7.17. The van der Waals surface area contributed by atoms with Crippen LogP contribution in [-0.4, -0.2) is 61.5 Å². The normalized spacial score (nSPS) is 15.9. The molecular formula is C25H32ClN3O3. The molecule has 0 aromatic heterocycles. The Bertz CT molecular complexity index is 920. The van der Waals surface area contributed by atoms with E-state index in [0.29, 0.717) is 37.7 Å². The molecule has 0 radical (unpaired) electrons. The van der Waals surface area contributed by atoms with Crippen LogP contribution >= 0.6 is 11.6 Å². The van der Waals surface area contributed by atoms with Crippen LogP contribution < -0.4 is 5.32 Å². The zero-order chi connectivity index (χ0) is 23.1. The molecule has 0 spiro atoms.